The van der Waals surface area contributed by atoms with Crippen molar-refractivity contribution in [1.82, 2.24) is 0 Å². The molecule has 0 bridgehead atoms. The molecule has 0 aliphatic heterocycles. The third kappa shape index (κ3) is 5.39. The second kappa shape index (κ2) is 8.78. The van der Waals surface area contributed by atoms with Crippen LogP contribution in [-0.4, -0.2) is 24.3 Å². The molecule has 3 heteroatoms. The number of Topliss-reactive ketones (excluding diaryl/α,β-unsaturated/α-hetero) is 1. The van der Waals surface area contributed by atoms with Gasteiger partial charge in [-0.15, -0.1) is 0 Å². The Morgan fingerprint density at radius 3 is 2.22 bits per heavy atom. The van der Waals surface area contributed by atoms with Gasteiger partial charge in [-0.05, 0) is 39.2 Å². The molecule has 0 fully saturated rings. The summed E-state index contributed by atoms with van der Waals surface area (Å²) in [6.07, 6.45) is 3.40. The van der Waals surface area contributed by atoms with E-state index in [4.69, 9.17) is 0 Å². The number of aliphatic imine (C=N–C) groups is 2. The van der Waals surface area contributed by atoms with Gasteiger partial charge in [0.25, 0.3) is 0 Å². The Labute approximate surface area is 111 Å². The van der Waals surface area contributed by atoms with Gasteiger partial charge in [0.1, 0.15) is 5.70 Å². The molecule has 0 aromatic rings. The van der Waals surface area contributed by atoms with Crippen LogP contribution in [0.4, 0.5) is 0 Å². The van der Waals surface area contributed by atoms with Gasteiger partial charge in [0, 0.05) is 18.7 Å². The first kappa shape index (κ1) is 16.8. The molecule has 3 nitrogen and oxygen atoms in total. The topological polar surface area (TPSA) is 41.8 Å². The Morgan fingerprint density at radius 2 is 1.83 bits per heavy atom. The molecule has 1 atom stereocenters. The minimum atomic E-state index is 0.0277. The van der Waals surface area contributed by atoms with E-state index in [1.54, 1.807) is 6.21 Å². The first-order valence-corrected chi connectivity index (χ1v) is 6.76. The highest BCUT2D eigenvalue weighted by atomic mass is 16.1. The van der Waals surface area contributed by atoms with Crippen molar-refractivity contribution in [3.05, 3.63) is 11.3 Å². The Kier molecular flexibility index (Phi) is 8.17. The molecule has 0 saturated heterocycles. The molecule has 0 spiro atoms. The van der Waals surface area contributed by atoms with Crippen LogP contribution in [0.3, 0.4) is 0 Å². The van der Waals surface area contributed by atoms with E-state index >= 15 is 0 Å². The van der Waals surface area contributed by atoms with Gasteiger partial charge in [0.05, 0.1) is 5.71 Å². The van der Waals surface area contributed by atoms with E-state index in [-0.39, 0.29) is 11.7 Å². The average Bonchev–Trinajstić information content (AvgIpc) is 2.37. The normalized spacial score (nSPS) is 13.8. The minimum absolute atomic E-state index is 0.0277. The predicted molar refractivity (Wildman–Crippen MR) is 79.6 cm³/mol. The number of rotatable bonds is 7. The van der Waals surface area contributed by atoms with Crippen molar-refractivity contribution in [2.75, 3.05) is 6.54 Å². The number of hydrogen-bond acceptors (Lipinski definition) is 3. The zero-order chi connectivity index (χ0) is 14.1. The van der Waals surface area contributed by atoms with Gasteiger partial charge in [-0.3, -0.25) is 9.79 Å². The molecular formula is C15H26N2O. The lowest BCUT2D eigenvalue weighted by atomic mass is 9.99. The monoisotopic (exact) mass is 250 g/mol. The third-order valence-electron chi connectivity index (χ3n) is 2.81. The smallest absolute Gasteiger partial charge is 0.183 e. The van der Waals surface area contributed by atoms with E-state index in [9.17, 15) is 4.79 Å². The van der Waals surface area contributed by atoms with E-state index in [2.05, 4.69) is 9.98 Å². The first-order valence-electron chi connectivity index (χ1n) is 6.76. The Bertz CT molecular complexity index is 361. The molecule has 0 aliphatic rings. The highest BCUT2D eigenvalue weighted by molar-refractivity contribution is 6.31. The SMILES string of the molecule is CCN=CC(CC)=NC(C(=O)C(C)CC)=C(C)C. The second-order valence-electron chi connectivity index (χ2n) is 4.61. The Hall–Kier alpha value is -1.25. The van der Waals surface area contributed by atoms with Crippen LogP contribution >= 0.6 is 0 Å². The fourth-order valence-corrected chi connectivity index (χ4v) is 1.37. The molecule has 0 amide bonds. The number of nitrogens with zero attached hydrogens (tertiary/aromatic N) is 2. The number of carbonyl (C=O) groups excluding carboxylic acids is 1. The van der Waals surface area contributed by atoms with Crippen molar-refractivity contribution < 1.29 is 4.79 Å². The van der Waals surface area contributed by atoms with Gasteiger partial charge >= 0.3 is 0 Å². The van der Waals surface area contributed by atoms with Crippen LogP contribution < -0.4 is 0 Å². The van der Waals surface area contributed by atoms with Gasteiger partial charge in [0.2, 0.25) is 0 Å². The number of carbonyl (C=O) groups is 1. The lowest BCUT2D eigenvalue weighted by molar-refractivity contribution is -0.118. The lowest BCUT2D eigenvalue weighted by Gasteiger charge is -2.10. The molecular weight excluding hydrogens is 224 g/mol. The van der Waals surface area contributed by atoms with Crippen molar-refractivity contribution in [3.63, 3.8) is 0 Å². The highest BCUT2D eigenvalue weighted by Gasteiger charge is 2.17. The zero-order valence-corrected chi connectivity index (χ0v) is 12.6. The predicted octanol–water partition coefficient (Wildman–Crippen LogP) is 3.84. The fraction of sp³-hybridized carbons (Fsp3) is 0.667. The van der Waals surface area contributed by atoms with Crippen LogP contribution in [0.2, 0.25) is 0 Å². The van der Waals surface area contributed by atoms with Crippen molar-refractivity contribution >= 4 is 17.7 Å². The van der Waals surface area contributed by atoms with Crippen molar-refractivity contribution in [3.8, 4) is 0 Å². The highest BCUT2D eigenvalue weighted by Crippen LogP contribution is 2.15. The van der Waals surface area contributed by atoms with Crippen LogP contribution in [0, 0.1) is 5.92 Å². The summed E-state index contributed by atoms with van der Waals surface area (Å²) in [5.41, 5.74) is 2.43. The molecule has 1 unspecified atom stereocenters. The average molecular weight is 250 g/mol. The summed E-state index contributed by atoms with van der Waals surface area (Å²) in [5, 5.41) is 0. The number of ketones is 1. The molecule has 0 aromatic carbocycles. The first-order chi connectivity index (χ1) is 8.47. The van der Waals surface area contributed by atoms with Crippen LogP contribution in [-0.2, 0) is 4.79 Å². The summed E-state index contributed by atoms with van der Waals surface area (Å²) in [5.74, 6) is 0.160. The van der Waals surface area contributed by atoms with Gasteiger partial charge in [0.15, 0.2) is 5.78 Å². The Balaban J connectivity index is 5.28. The maximum atomic E-state index is 12.2. The molecule has 0 aliphatic carbocycles. The summed E-state index contributed by atoms with van der Waals surface area (Å²) >= 11 is 0. The van der Waals surface area contributed by atoms with E-state index in [1.807, 2.05) is 41.5 Å². The molecule has 18 heavy (non-hydrogen) atoms. The molecule has 0 radical (unpaired) electrons. The van der Waals surface area contributed by atoms with Crippen molar-refractivity contribution in [1.29, 1.82) is 0 Å². The van der Waals surface area contributed by atoms with E-state index in [0.717, 1.165) is 30.7 Å². The summed E-state index contributed by atoms with van der Waals surface area (Å²) in [7, 11) is 0. The second-order valence-corrected chi connectivity index (χ2v) is 4.61. The molecule has 0 rings (SSSR count). The summed E-state index contributed by atoms with van der Waals surface area (Å²) in [6, 6.07) is 0. The summed E-state index contributed by atoms with van der Waals surface area (Å²) in [4.78, 5) is 20.9. The van der Waals surface area contributed by atoms with Crippen molar-refractivity contribution in [2.45, 2.75) is 54.4 Å². The van der Waals surface area contributed by atoms with E-state index in [0.29, 0.717) is 5.70 Å². The summed E-state index contributed by atoms with van der Waals surface area (Å²) < 4.78 is 0. The molecule has 0 N–H and O–H groups in total. The molecule has 0 heterocycles. The van der Waals surface area contributed by atoms with E-state index < -0.39 is 0 Å². The molecule has 0 saturated carbocycles. The van der Waals surface area contributed by atoms with Gasteiger partial charge in [-0.1, -0.05) is 20.8 Å². The largest absolute Gasteiger partial charge is 0.292 e. The number of allylic oxidation sites excluding steroid dienone is 2. The van der Waals surface area contributed by atoms with Crippen LogP contribution in [0.25, 0.3) is 0 Å². The van der Waals surface area contributed by atoms with Gasteiger partial charge in [-0.2, -0.15) is 0 Å². The maximum absolute atomic E-state index is 12.2. The lowest BCUT2D eigenvalue weighted by Crippen LogP contribution is -2.14. The van der Waals surface area contributed by atoms with Crippen molar-refractivity contribution in [2.24, 2.45) is 15.9 Å². The van der Waals surface area contributed by atoms with Crippen LogP contribution in [0.5, 0.6) is 0 Å². The van der Waals surface area contributed by atoms with Crippen LogP contribution in [0.1, 0.15) is 54.4 Å². The van der Waals surface area contributed by atoms with E-state index in [1.165, 1.54) is 0 Å². The zero-order valence-electron chi connectivity index (χ0n) is 12.6. The molecule has 102 valence electrons. The maximum Gasteiger partial charge on any atom is 0.183 e. The molecule has 0 aromatic heterocycles. The summed E-state index contributed by atoms with van der Waals surface area (Å²) in [6.45, 7) is 12.6. The fourth-order valence-electron chi connectivity index (χ4n) is 1.37. The van der Waals surface area contributed by atoms with Gasteiger partial charge in [-0.25, -0.2) is 4.99 Å². The quantitative estimate of drug-likeness (QED) is 0.500. The minimum Gasteiger partial charge on any atom is -0.292 e. The standard InChI is InChI=1S/C15H26N2O/c1-7-12(6)15(18)14(11(4)5)17-13(8-2)10-16-9-3/h10,12H,7-9H2,1-6H3. The Morgan fingerprint density at radius 1 is 1.22 bits per heavy atom. The number of hydrogen-bond donors (Lipinski definition) is 0. The third-order valence-corrected chi connectivity index (χ3v) is 2.81. The van der Waals surface area contributed by atoms with Gasteiger partial charge < -0.3 is 0 Å². The van der Waals surface area contributed by atoms with Crippen LogP contribution in [0.15, 0.2) is 21.3 Å².